The third kappa shape index (κ3) is 5.83. The summed E-state index contributed by atoms with van der Waals surface area (Å²) < 4.78 is 0. The first-order chi connectivity index (χ1) is 16.4. The van der Waals surface area contributed by atoms with Crippen molar-refractivity contribution in [1.82, 2.24) is 15.1 Å². The van der Waals surface area contributed by atoms with Crippen LogP contribution in [0, 0.1) is 0 Å². The van der Waals surface area contributed by atoms with Crippen LogP contribution in [0.15, 0.2) is 48.5 Å². The molecule has 1 aliphatic rings. The lowest BCUT2D eigenvalue weighted by Gasteiger charge is -2.31. The maximum atomic E-state index is 13.3. The van der Waals surface area contributed by atoms with Crippen LogP contribution in [-0.2, 0) is 16.1 Å². The van der Waals surface area contributed by atoms with Crippen molar-refractivity contribution in [3.05, 3.63) is 70.2 Å². The number of hydrogen-bond acceptors (Lipinski definition) is 4. The van der Waals surface area contributed by atoms with Gasteiger partial charge in [-0.3, -0.25) is 24.1 Å². The van der Waals surface area contributed by atoms with Crippen molar-refractivity contribution in [1.29, 1.82) is 0 Å². The number of amides is 4. The summed E-state index contributed by atoms with van der Waals surface area (Å²) in [6, 6.07) is 13.3. The molecule has 8 heteroatoms. The lowest BCUT2D eigenvalue weighted by molar-refractivity contribution is -0.141. The molecule has 1 aliphatic heterocycles. The van der Waals surface area contributed by atoms with Crippen LogP contribution in [0.2, 0.25) is 5.02 Å². The second kappa shape index (κ2) is 11.8. The smallest absolute Gasteiger partial charge is 0.261 e. The maximum absolute atomic E-state index is 13.3. The lowest BCUT2D eigenvalue weighted by atomic mass is 10.1. The minimum Gasteiger partial charge on any atom is -0.354 e. The fourth-order valence-electron chi connectivity index (χ4n) is 4.05. The standard InChI is InChI=1S/C26H30ClN3O4/c1-3-15-28-24(32)22(4-2)30(17-18-11-13-19(27)14-12-18)23(31)10-7-16-29-25(33)20-8-5-6-9-21(20)26(29)34/h5-6,8-9,11-14,22H,3-4,7,10,15-17H2,1-2H3,(H,28,32). The van der Waals surface area contributed by atoms with Crippen LogP contribution in [0.3, 0.4) is 0 Å². The first-order valence-electron chi connectivity index (χ1n) is 11.6. The maximum Gasteiger partial charge on any atom is 0.261 e. The molecule has 180 valence electrons. The van der Waals surface area contributed by atoms with E-state index in [4.69, 9.17) is 11.6 Å². The molecular weight excluding hydrogens is 454 g/mol. The molecule has 1 N–H and O–H groups in total. The van der Waals surface area contributed by atoms with Crippen molar-refractivity contribution in [3.8, 4) is 0 Å². The number of nitrogens with zero attached hydrogens (tertiary/aromatic N) is 2. The Bertz CT molecular complexity index is 1020. The zero-order chi connectivity index (χ0) is 24.7. The first-order valence-corrected chi connectivity index (χ1v) is 12.0. The minimum atomic E-state index is -0.617. The Balaban J connectivity index is 1.69. The average molecular weight is 484 g/mol. The molecule has 1 atom stereocenters. The Morgan fingerprint density at radius 1 is 1.00 bits per heavy atom. The summed E-state index contributed by atoms with van der Waals surface area (Å²) in [5.74, 6) is -1.06. The fraction of sp³-hybridized carbons (Fsp3) is 0.385. The van der Waals surface area contributed by atoms with E-state index in [0.29, 0.717) is 35.5 Å². The molecule has 0 aromatic heterocycles. The van der Waals surface area contributed by atoms with Crippen LogP contribution < -0.4 is 5.32 Å². The molecule has 4 amide bonds. The summed E-state index contributed by atoms with van der Waals surface area (Å²) in [5, 5.41) is 3.48. The van der Waals surface area contributed by atoms with Gasteiger partial charge in [-0.15, -0.1) is 0 Å². The molecule has 3 rings (SSSR count). The molecule has 0 saturated heterocycles. The Morgan fingerprint density at radius 3 is 2.18 bits per heavy atom. The molecule has 1 unspecified atom stereocenters. The summed E-state index contributed by atoms with van der Waals surface area (Å²) in [4.78, 5) is 54.0. The second-order valence-electron chi connectivity index (χ2n) is 8.27. The number of benzene rings is 2. The van der Waals surface area contributed by atoms with Gasteiger partial charge in [-0.05, 0) is 49.1 Å². The van der Waals surface area contributed by atoms with Gasteiger partial charge < -0.3 is 10.2 Å². The highest BCUT2D eigenvalue weighted by Crippen LogP contribution is 2.23. The first kappa shape index (κ1) is 25.4. The number of carbonyl (C=O) groups is 4. The van der Waals surface area contributed by atoms with Crippen LogP contribution in [0.1, 0.15) is 65.8 Å². The highest BCUT2D eigenvalue weighted by atomic mass is 35.5. The Hall–Kier alpha value is -3.19. The van der Waals surface area contributed by atoms with Gasteiger partial charge in [-0.25, -0.2) is 0 Å². The number of halogens is 1. The molecule has 1 heterocycles. The monoisotopic (exact) mass is 483 g/mol. The zero-order valence-electron chi connectivity index (χ0n) is 19.6. The molecule has 2 aromatic carbocycles. The van der Waals surface area contributed by atoms with E-state index in [2.05, 4.69) is 5.32 Å². The third-order valence-corrected chi connectivity index (χ3v) is 6.10. The van der Waals surface area contributed by atoms with Crippen LogP contribution in [0.4, 0.5) is 0 Å². The average Bonchev–Trinajstić information content (AvgIpc) is 3.08. The van der Waals surface area contributed by atoms with Crippen LogP contribution in [0.5, 0.6) is 0 Å². The summed E-state index contributed by atoms with van der Waals surface area (Å²) >= 11 is 5.99. The van der Waals surface area contributed by atoms with Gasteiger partial charge in [0.05, 0.1) is 11.1 Å². The molecule has 7 nitrogen and oxygen atoms in total. The quantitative estimate of drug-likeness (QED) is 0.488. The van der Waals surface area contributed by atoms with E-state index < -0.39 is 6.04 Å². The summed E-state index contributed by atoms with van der Waals surface area (Å²) in [7, 11) is 0. The predicted molar refractivity (Wildman–Crippen MR) is 130 cm³/mol. The Morgan fingerprint density at radius 2 is 1.62 bits per heavy atom. The number of fused-ring (bicyclic) bond motifs is 1. The number of hydrogen-bond donors (Lipinski definition) is 1. The van der Waals surface area contributed by atoms with Crippen LogP contribution in [0.25, 0.3) is 0 Å². The zero-order valence-corrected chi connectivity index (χ0v) is 20.3. The summed E-state index contributed by atoms with van der Waals surface area (Å²) in [5.41, 5.74) is 1.64. The van der Waals surface area contributed by atoms with E-state index in [1.165, 1.54) is 4.90 Å². The third-order valence-electron chi connectivity index (χ3n) is 5.85. The second-order valence-corrected chi connectivity index (χ2v) is 8.71. The summed E-state index contributed by atoms with van der Waals surface area (Å²) in [6.45, 7) is 4.79. The van der Waals surface area contributed by atoms with E-state index >= 15 is 0 Å². The van der Waals surface area contributed by atoms with Gasteiger partial charge in [0.1, 0.15) is 6.04 Å². The van der Waals surface area contributed by atoms with E-state index in [1.807, 2.05) is 26.0 Å². The lowest BCUT2D eigenvalue weighted by Crippen LogP contribution is -2.49. The molecule has 0 fully saturated rings. The fourth-order valence-corrected chi connectivity index (χ4v) is 4.17. The molecule has 0 bridgehead atoms. The van der Waals surface area contributed by atoms with Gasteiger partial charge >= 0.3 is 0 Å². The molecular formula is C26H30ClN3O4. The van der Waals surface area contributed by atoms with Crippen molar-refractivity contribution in [2.75, 3.05) is 13.1 Å². The molecule has 2 aromatic rings. The highest BCUT2D eigenvalue weighted by molar-refractivity contribution is 6.30. The molecule has 0 aliphatic carbocycles. The van der Waals surface area contributed by atoms with Crippen LogP contribution >= 0.6 is 11.6 Å². The molecule has 0 radical (unpaired) electrons. The van der Waals surface area contributed by atoms with Gasteiger partial charge in [0.25, 0.3) is 11.8 Å². The molecule has 34 heavy (non-hydrogen) atoms. The SMILES string of the molecule is CCCNC(=O)C(CC)N(Cc1ccc(Cl)cc1)C(=O)CCCN1C(=O)c2ccccc2C1=O. The van der Waals surface area contributed by atoms with Crippen LogP contribution in [-0.4, -0.2) is 52.6 Å². The molecule has 0 spiro atoms. The van der Waals surface area contributed by atoms with E-state index in [0.717, 1.165) is 12.0 Å². The number of rotatable bonds is 11. The van der Waals surface area contributed by atoms with Gasteiger partial charge in [0.2, 0.25) is 11.8 Å². The van der Waals surface area contributed by atoms with Gasteiger partial charge in [-0.2, -0.15) is 0 Å². The number of nitrogens with one attached hydrogen (secondary N) is 1. The number of carbonyl (C=O) groups excluding carboxylic acids is 4. The topological polar surface area (TPSA) is 86.8 Å². The van der Waals surface area contributed by atoms with Gasteiger partial charge in [0, 0.05) is 31.1 Å². The van der Waals surface area contributed by atoms with E-state index in [1.54, 1.807) is 41.3 Å². The highest BCUT2D eigenvalue weighted by Gasteiger charge is 2.35. The van der Waals surface area contributed by atoms with Crippen molar-refractivity contribution in [3.63, 3.8) is 0 Å². The van der Waals surface area contributed by atoms with Gasteiger partial charge in [-0.1, -0.05) is 49.7 Å². The van der Waals surface area contributed by atoms with Crippen molar-refractivity contribution in [2.24, 2.45) is 0 Å². The minimum absolute atomic E-state index is 0.110. The number of imide groups is 1. The largest absolute Gasteiger partial charge is 0.354 e. The van der Waals surface area contributed by atoms with Crippen molar-refractivity contribution in [2.45, 2.75) is 52.1 Å². The Kier molecular flexibility index (Phi) is 8.82. The van der Waals surface area contributed by atoms with E-state index in [-0.39, 0.29) is 43.1 Å². The van der Waals surface area contributed by atoms with Crippen molar-refractivity contribution < 1.29 is 19.2 Å². The normalized spacial score (nSPS) is 13.6. The predicted octanol–water partition coefficient (Wildman–Crippen LogP) is 4.05. The summed E-state index contributed by atoms with van der Waals surface area (Å²) in [6.07, 6.45) is 1.69. The Labute approximate surface area is 205 Å². The van der Waals surface area contributed by atoms with Gasteiger partial charge in [0.15, 0.2) is 0 Å². The van der Waals surface area contributed by atoms with Crippen molar-refractivity contribution >= 4 is 35.2 Å². The molecule has 0 saturated carbocycles. The van der Waals surface area contributed by atoms with E-state index in [9.17, 15) is 19.2 Å².